The van der Waals surface area contributed by atoms with Crippen LogP contribution in [-0.2, 0) is 9.84 Å². The van der Waals surface area contributed by atoms with Crippen LogP contribution in [-0.4, -0.2) is 36.4 Å². The van der Waals surface area contributed by atoms with Crippen LogP contribution in [0.5, 0.6) is 0 Å². The Bertz CT molecular complexity index is 585. The van der Waals surface area contributed by atoms with Crippen LogP contribution in [0.2, 0.25) is 0 Å². The van der Waals surface area contributed by atoms with Crippen molar-refractivity contribution in [2.75, 3.05) is 17.2 Å². The highest BCUT2D eigenvalue weighted by atomic mass is 32.2. The molecule has 7 heteroatoms. The minimum atomic E-state index is -3.05. The molecule has 18 heavy (non-hydrogen) atoms. The van der Waals surface area contributed by atoms with Crippen molar-refractivity contribution in [2.45, 2.75) is 18.9 Å². The first kappa shape index (κ1) is 12.8. The van der Waals surface area contributed by atoms with E-state index in [9.17, 15) is 13.2 Å². The fraction of sp³-hybridized carbons (Fsp3) is 0.455. The molecule has 1 aliphatic rings. The number of hydrogen-bond acceptors (Lipinski definition) is 5. The first-order valence-corrected chi connectivity index (χ1v) is 7.37. The van der Waals surface area contributed by atoms with Gasteiger partial charge in [0.1, 0.15) is 11.5 Å². The van der Waals surface area contributed by atoms with E-state index in [2.05, 4.69) is 10.3 Å². The normalized spacial score (nSPS) is 25.8. The molecule has 2 heterocycles. The van der Waals surface area contributed by atoms with E-state index in [1.807, 2.05) is 0 Å². The van der Waals surface area contributed by atoms with E-state index in [1.165, 1.54) is 0 Å². The molecule has 3 N–H and O–H groups in total. The molecule has 0 bridgehead atoms. The van der Waals surface area contributed by atoms with E-state index in [0.717, 1.165) is 0 Å². The highest BCUT2D eigenvalue weighted by molar-refractivity contribution is 7.91. The van der Waals surface area contributed by atoms with Crippen LogP contribution < -0.4 is 11.1 Å². The van der Waals surface area contributed by atoms with Crippen molar-refractivity contribution in [2.24, 2.45) is 0 Å². The Morgan fingerprint density at radius 2 is 2.22 bits per heavy atom. The second-order valence-corrected chi connectivity index (χ2v) is 6.99. The van der Waals surface area contributed by atoms with Crippen molar-refractivity contribution < 1.29 is 13.2 Å². The number of rotatable bonds is 2. The summed E-state index contributed by atoms with van der Waals surface area (Å²) in [6.45, 7) is 1.72. The van der Waals surface area contributed by atoms with Crippen LogP contribution >= 0.6 is 0 Å². The lowest BCUT2D eigenvalue weighted by molar-refractivity contribution is 0.0910. The van der Waals surface area contributed by atoms with Crippen molar-refractivity contribution in [3.63, 3.8) is 0 Å². The van der Waals surface area contributed by atoms with Crippen molar-refractivity contribution in [1.29, 1.82) is 0 Å². The quantitative estimate of drug-likeness (QED) is 0.785. The van der Waals surface area contributed by atoms with Gasteiger partial charge in [-0.15, -0.1) is 0 Å². The Kier molecular flexibility index (Phi) is 3.02. The molecule has 2 rings (SSSR count). The second kappa shape index (κ2) is 4.24. The topological polar surface area (TPSA) is 102 Å². The van der Waals surface area contributed by atoms with Gasteiger partial charge in [-0.3, -0.25) is 4.79 Å². The Morgan fingerprint density at radius 3 is 2.78 bits per heavy atom. The van der Waals surface area contributed by atoms with Crippen LogP contribution in [0.15, 0.2) is 18.2 Å². The Hall–Kier alpha value is -1.63. The predicted molar refractivity (Wildman–Crippen MR) is 67.8 cm³/mol. The van der Waals surface area contributed by atoms with Crippen molar-refractivity contribution in [3.05, 3.63) is 23.9 Å². The molecule has 1 aromatic heterocycles. The molecule has 1 unspecified atom stereocenters. The maximum Gasteiger partial charge on any atom is 0.270 e. The molecular formula is C11H15N3O3S. The summed E-state index contributed by atoms with van der Waals surface area (Å²) in [4.78, 5) is 15.8. The molecule has 1 aliphatic heterocycles. The minimum absolute atomic E-state index is 0.0337. The monoisotopic (exact) mass is 269 g/mol. The van der Waals surface area contributed by atoms with Crippen molar-refractivity contribution >= 4 is 21.6 Å². The summed E-state index contributed by atoms with van der Waals surface area (Å²) in [5.74, 6) is -0.0731. The number of aromatic nitrogens is 1. The zero-order valence-electron chi connectivity index (χ0n) is 10.0. The molecule has 0 aromatic carbocycles. The van der Waals surface area contributed by atoms with Crippen LogP contribution in [0.25, 0.3) is 0 Å². The molecule has 0 spiro atoms. The summed E-state index contributed by atoms with van der Waals surface area (Å²) in [5.41, 5.74) is 4.97. The average molecular weight is 269 g/mol. The van der Waals surface area contributed by atoms with Crippen LogP contribution in [0.4, 0.5) is 5.82 Å². The Balaban J connectivity index is 2.13. The van der Waals surface area contributed by atoms with Gasteiger partial charge in [-0.25, -0.2) is 13.4 Å². The van der Waals surface area contributed by atoms with Gasteiger partial charge in [0.25, 0.3) is 5.91 Å². The van der Waals surface area contributed by atoms with Gasteiger partial charge in [0.05, 0.1) is 17.0 Å². The molecule has 1 saturated heterocycles. The zero-order valence-corrected chi connectivity index (χ0v) is 10.8. The largest absolute Gasteiger partial charge is 0.384 e. The summed E-state index contributed by atoms with van der Waals surface area (Å²) in [6.07, 6.45) is 0.420. The van der Waals surface area contributed by atoms with Gasteiger partial charge in [0.2, 0.25) is 0 Å². The van der Waals surface area contributed by atoms with Gasteiger partial charge < -0.3 is 11.1 Å². The van der Waals surface area contributed by atoms with E-state index in [-0.39, 0.29) is 23.0 Å². The zero-order chi connectivity index (χ0) is 13.4. The number of nitrogens with zero attached hydrogens (tertiary/aromatic N) is 1. The number of nitrogen functional groups attached to an aromatic ring is 1. The maximum atomic E-state index is 11.9. The molecule has 1 atom stereocenters. The second-order valence-electron chi connectivity index (χ2n) is 4.80. The average Bonchev–Trinajstić information content (AvgIpc) is 2.52. The molecular weight excluding hydrogens is 254 g/mol. The number of pyridine rings is 1. The third kappa shape index (κ3) is 2.79. The highest BCUT2D eigenvalue weighted by Crippen LogP contribution is 2.23. The third-order valence-corrected chi connectivity index (χ3v) is 4.82. The van der Waals surface area contributed by atoms with Crippen molar-refractivity contribution in [1.82, 2.24) is 10.3 Å². The number of sulfone groups is 1. The standard InChI is InChI=1S/C11H15N3O3S/c1-11(5-6-18(16,17)7-11)14-10(15)8-3-2-4-9(12)13-8/h2-4H,5-7H2,1H3,(H2,12,13)(H,14,15). The fourth-order valence-electron chi connectivity index (χ4n) is 2.03. The lowest BCUT2D eigenvalue weighted by atomic mass is 10.0. The first-order chi connectivity index (χ1) is 8.30. The predicted octanol–water partition coefficient (Wildman–Crippen LogP) is -0.0292. The van der Waals surface area contributed by atoms with E-state index in [1.54, 1.807) is 25.1 Å². The smallest absolute Gasteiger partial charge is 0.270 e. The summed E-state index contributed by atoms with van der Waals surface area (Å²) >= 11 is 0. The number of nitrogens with two attached hydrogens (primary N) is 1. The summed E-state index contributed by atoms with van der Waals surface area (Å²) in [7, 11) is -3.05. The van der Waals surface area contributed by atoms with Gasteiger partial charge >= 0.3 is 0 Å². The lowest BCUT2D eigenvalue weighted by Gasteiger charge is -2.23. The van der Waals surface area contributed by atoms with E-state index in [4.69, 9.17) is 5.73 Å². The van der Waals surface area contributed by atoms with Crippen LogP contribution in [0.1, 0.15) is 23.8 Å². The molecule has 0 saturated carbocycles. The number of nitrogens with one attached hydrogen (secondary N) is 1. The van der Waals surface area contributed by atoms with E-state index < -0.39 is 21.3 Å². The SMILES string of the molecule is CC1(NC(=O)c2cccc(N)n2)CCS(=O)(=O)C1. The molecule has 1 aromatic rings. The number of anilines is 1. The van der Waals surface area contributed by atoms with Gasteiger partial charge in [0.15, 0.2) is 9.84 Å². The number of amides is 1. The van der Waals surface area contributed by atoms with E-state index in [0.29, 0.717) is 6.42 Å². The number of hydrogen-bond donors (Lipinski definition) is 2. The van der Waals surface area contributed by atoms with Gasteiger partial charge in [0, 0.05) is 0 Å². The minimum Gasteiger partial charge on any atom is -0.384 e. The van der Waals surface area contributed by atoms with Crippen LogP contribution in [0.3, 0.4) is 0 Å². The van der Waals surface area contributed by atoms with Crippen LogP contribution in [0, 0.1) is 0 Å². The van der Waals surface area contributed by atoms with Gasteiger partial charge in [-0.2, -0.15) is 0 Å². The fourth-order valence-corrected chi connectivity index (χ4v) is 4.12. The molecule has 98 valence electrons. The molecule has 0 radical (unpaired) electrons. The first-order valence-electron chi connectivity index (χ1n) is 5.55. The molecule has 1 fully saturated rings. The third-order valence-electron chi connectivity index (χ3n) is 2.92. The molecule has 6 nitrogen and oxygen atoms in total. The molecule has 0 aliphatic carbocycles. The number of carbonyl (C=O) groups is 1. The molecule has 1 amide bonds. The lowest BCUT2D eigenvalue weighted by Crippen LogP contribution is -2.47. The summed E-state index contributed by atoms with van der Waals surface area (Å²) < 4.78 is 22.9. The summed E-state index contributed by atoms with van der Waals surface area (Å²) in [5, 5.41) is 2.72. The Labute approximate surface area is 106 Å². The summed E-state index contributed by atoms with van der Waals surface area (Å²) in [6, 6.07) is 4.75. The van der Waals surface area contributed by atoms with Gasteiger partial charge in [-0.05, 0) is 25.5 Å². The Morgan fingerprint density at radius 1 is 1.50 bits per heavy atom. The highest BCUT2D eigenvalue weighted by Gasteiger charge is 2.39. The van der Waals surface area contributed by atoms with Gasteiger partial charge in [-0.1, -0.05) is 6.07 Å². The van der Waals surface area contributed by atoms with E-state index >= 15 is 0 Å². The number of carbonyl (C=O) groups excluding carboxylic acids is 1. The van der Waals surface area contributed by atoms with Crippen molar-refractivity contribution in [3.8, 4) is 0 Å². The maximum absolute atomic E-state index is 11.9.